The standard InChI is InChI=1S/C14H13ClN2O4S/c1-9(18)16-14-17-12(8-22-14)13(19)21-6-5-20-11-4-2-3-10(15)7-11/h2-4,7-8H,5-6H2,1H3,(H,16,17,18). The first-order chi connectivity index (χ1) is 10.5. The predicted octanol–water partition coefficient (Wildman–Crippen LogP) is 2.99. The normalized spacial score (nSPS) is 10.1. The number of aromatic nitrogens is 1. The Morgan fingerprint density at radius 3 is 2.91 bits per heavy atom. The second-order valence-electron chi connectivity index (χ2n) is 4.16. The van der Waals surface area contributed by atoms with Gasteiger partial charge in [-0.3, -0.25) is 4.79 Å². The van der Waals surface area contributed by atoms with Crippen LogP contribution in [0.2, 0.25) is 5.02 Å². The van der Waals surface area contributed by atoms with Gasteiger partial charge < -0.3 is 14.8 Å². The number of thiazole rings is 1. The summed E-state index contributed by atoms with van der Waals surface area (Å²) in [4.78, 5) is 26.6. The summed E-state index contributed by atoms with van der Waals surface area (Å²) in [5.74, 6) is -0.211. The fourth-order valence-corrected chi connectivity index (χ4v) is 2.41. The minimum Gasteiger partial charge on any atom is -0.490 e. The van der Waals surface area contributed by atoms with Crippen LogP contribution in [0.3, 0.4) is 0 Å². The van der Waals surface area contributed by atoms with Crippen LogP contribution in [0.15, 0.2) is 29.6 Å². The van der Waals surface area contributed by atoms with Crippen LogP contribution < -0.4 is 10.1 Å². The Morgan fingerprint density at radius 2 is 2.18 bits per heavy atom. The topological polar surface area (TPSA) is 77.5 Å². The van der Waals surface area contributed by atoms with Crippen molar-refractivity contribution in [3.05, 3.63) is 40.4 Å². The fourth-order valence-electron chi connectivity index (χ4n) is 1.50. The second kappa shape index (κ2) is 7.77. The molecule has 0 radical (unpaired) electrons. The summed E-state index contributed by atoms with van der Waals surface area (Å²) >= 11 is 6.98. The predicted molar refractivity (Wildman–Crippen MR) is 83.6 cm³/mol. The van der Waals surface area contributed by atoms with Crippen molar-refractivity contribution in [1.82, 2.24) is 4.98 Å². The highest BCUT2D eigenvalue weighted by molar-refractivity contribution is 7.14. The Hall–Kier alpha value is -2.12. The molecule has 0 aliphatic heterocycles. The summed E-state index contributed by atoms with van der Waals surface area (Å²) < 4.78 is 10.4. The second-order valence-corrected chi connectivity index (χ2v) is 5.46. The van der Waals surface area contributed by atoms with Gasteiger partial charge >= 0.3 is 5.97 Å². The van der Waals surface area contributed by atoms with Crippen LogP contribution in [0, 0.1) is 0 Å². The van der Waals surface area contributed by atoms with Crippen molar-refractivity contribution in [2.45, 2.75) is 6.92 Å². The zero-order chi connectivity index (χ0) is 15.9. The molecular formula is C14H13ClN2O4S. The molecule has 0 aliphatic carbocycles. The molecule has 0 unspecified atom stereocenters. The molecule has 2 aromatic rings. The summed E-state index contributed by atoms with van der Waals surface area (Å²) in [6.07, 6.45) is 0. The van der Waals surface area contributed by atoms with Crippen LogP contribution >= 0.6 is 22.9 Å². The number of hydrogen-bond acceptors (Lipinski definition) is 6. The molecule has 0 spiro atoms. The monoisotopic (exact) mass is 340 g/mol. The Kier molecular flexibility index (Phi) is 5.74. The molecule has 0 aliphatic rings. The zero-order valence-corrected chi connectivity index (χ0v) is 13.2. The summed E-state index contributed by atoms with van der Waals surface area (Å²) in [7, 11) is 0. The highest BCUT2D eigenvalue weighted by atomic mass is 35.5. The van der Waals surface area contributed by atoms with Crippen LogP contribution in [-0.2, 0) is 9.53 Å². The van der Waals surface area contributed by atoms with E-state index < -0.39 is 5.97 Å². The van der Waals surface area contributed by atoms with Crippen molar-refractivity contribution in [3.8, 4) is 5.75 Å². The lowest BCUT2D eigenvalue weighted by molar-refractivity contribution is -0.114. The first-order valence-electron chi connectivity index (χ1n) is 6.33. The van der Waals surface area contributed by atoms with Crippen LogP contribution in [0.5, 0.6) is 5.75 Å². The molecule has 1 aromatic carbocycles. The molecule has 0 bridgehead atoms. The Labute approximate surface area is 136 Å². The van der Waals surface area contributed by atoms with Gasteiger partial charge in [0, 0.05) is 17.3 Å². The summed E-state index contributed by atoms with van der Waals surface area (Å²) in [5.41, 5.74) is 0.150. The lowest BCUT2D eigenvalue weighted by Crippen LogP contribution is -2.13. The van der Waals surface area contributed by atoms with Crippen molar-refractivity contribution in [2.75, 3.05) is 18.5 Å². The van der Waals surface area contributed by atoms with Crippen molar-refractivity contribution in [1.29, 1.82) is 0 Å². The third-order valence-electron chi connectivity index (χ3n) is 2.38. The number of carbonyl (C=O) groups excluding carboxylic acids is 2. The third kappa shape index (κ3) is 5.01. The minimum atomic E-state index is -0.567. The average Bonchev–Trinajstić information content (AvgIpc) is 2.91. The van der Waals surface area contributed by atoms with E-state index in [2.05, 4.69) is 10.3 Å². The maximum absolute atomic E-state index is 11.7. The van der Waals surface area contributed by atoms with Crippen molar-refractivity contribution >= 4 is 39.9 Å². The minimum absolute atomic E-state index is 0.0817. The fraction of sp³-hybridized carbons (Fsp3) is 0.214. The first-order valence-corrected chi connectivity index (χ1v) is 7.59. The van der Waals surface area contributed by atoms with Gasteiger partial charge in [-0.1, -0.05) is 17.7 Å². The number of nitrogens with one attached hydrogen (secondary N) is 1. The Bertz CT molecular complexity index is 674. The lowest BCUT2D eigenvalue weighted by atomic mass is 10.3. The Balaban J connectivity index is 1.75. The maximum atomic E-state index is 11.7. The summed E-state index contributed by atoms with van der Waals surface area (Å²) in [5, 5.41) is 4.94. The number of benzene rings is 1. The van der Waals surface area contributed by atoms with E-state index in [1.165, 1.54) is 12.3 Å². The smallest absolute Gasteiger partial charge is 0.358 e. The van der Waals surface area contributed by atoms with Gasteiger partial charge in [0.25, 0.3) is 0 Å². The number of hydrogen-bond donors (Lipinski definition) is 1. The molecule has 22 heavy (non-hydrogen) atoms. The van der Waals surface area contributed by atoms with E-state index >= 15 is 0 Å². The van der Waals surface area contributed by atoms with Crippen LogP contribution in [0.4, 0.5) is 5.13 Å². The van der Waals surface area contributed by atoms with Gasteiger partial charge in [0.2, 0.25) is 5.91 Å². The largest absolute Gasteiger partial charge is 0.490 e. The number of halogens is 1. The van der Waals surface area contributed by atoms with Gasteiger partial charge in [-0.25, -0.2) is 9.78 Å². The molecule has 0 saturated heterocycles. The third-order valence-corrected chi connectivity index (χ3v) is 3.37. The molecule has 1 amide bonds. The number of amides is 1. The van der Waals surface area contributed by atoms with Gasteiger partial charge in [0.15, 0.2) is 10.8 Å². The SMILES string of the molecule is CC(=O)Nc1nc(C(=O)OCCOc2cccc(Cl)c2)cs1. The molecule has 8 heteroatoms. The number of rotatable bonds is 6. The van der Waals surface area contributed by atoms with E-state index in [1.54, 1.807) is 24.3 Å². The molecule has 0 saturated carbocycles. The number of nitrogens with zero attached hydrogens (tertiary/aromatic N) is 1. The molecule has 0 atom stereocenters. The average molecular weight is 341 g/mol. The molecule has 1 aromatic heterocycles. The van der Waals surface area contributed by atoms with E-state index in [9.17, 15) is 9.59 Å². The highest BCUT2D eigenvalue weighted by Gasteiger charge is 2.12. The van der Waals surface area contributed by atoms with Gasteiger partial charge in [-0.2, -0.15) is 0 Å². The van der Waals surface area contributed by atoms with E-state index in [4.69, 9.17) is 21.1 Å². The highest BCUT2D eigenvalue weighted by Crippen LogP contribution is 2.17. The van der Waals surface area contributed by atoms with Gasteiger partial charge in [-0.05, 0) is 18.2 Å². The quantitative estimate of drug-likeness (QED) is 0.646. The number of esters is 1. The first kappa shape index (κ1) is 16.3. The van der Waals surface area contributed by atoms with Gasteiger partial charge in [-0.15, -0.1) is 11.3 Å². The molecular weight excluding hydrogens is 328 g/mol. The van der Waals surface area contributed by atoms with E-state index in [-0.39, 0.29) is 24.8 Å². The molecule has 6 nitrogen and oxygen atoms in total. The van der Waals surface area contributed by atoms with Crippen molar-refractivity contribution < 1.29 is 19.1 Å². The number of ether oxygens (including phenoxy) is 2. The molecule has 1 heterocycles. The maximum Gasteiger partial charge on any atom is 0.358 e. The van der Waals surface area contributed by atoms with Crippen LogP contribution in [0.25, 0.3) is 0 Å². The van der Waals surface area contributed by atoms with E-state index in [1.807, 2.05) is 0 Å². The molecule has 1 N–H and O–H groups in total. The van der Waals surface area contributed by atoms with Gasteiger partial charge in [0.1, 0.15) is 19.0 Å². The molecule has 116 valence electrons. The molecule has 2 rings (SSSR count). The summed E-state index contributed by atoms with van der Waals surface area (Å²) in [6, 6.07) is 6.93. The summed E-state index contributed by atoms with van der Waals surface area (Å²) in [6.45, 7) is 1.65. The van der Waals surface area contributed by atoms with Crippen LogP contribution in [-0.4, -0.2) is 30.1 Å². The number of anilines is 1. The Morgan fingerprint density at radius 1 is 1.36 bits per heavy atom. The number of carbonyl (C=O) groups is 2. The zero-order valence-electron chi connectivity index (χ0n) is 11.7. The van der Waals surface area contributed by atoms with Crippen molar-refractivity contribution in [2.24, 2.45) is 0 Å². The van der Waals surface area contributed by atoms with E-state index in [0.29, 0.717) is 15.9 Å². The molecule has 0 fully saturated rings. The van der Waals surface area contributed by atoms with E-state index in [0.717, 1.165) is 11.3 Å². The van der Waals surface area contributed by atoms with Gasteiger partial charge in [0.05, 0.1) is 0 Å². The van der Waals surface area contributed by atoms with Crippen LogP contribution in [0.1, 0.15) is 17.4 Å². The lowest BCUT2D eigenvalue weighted by Gasteiger charge is -2.06. The van der Waals surface area contributed by atoms with Crippen molar-refractivity contribution in [3.63, 3.8) is 0 Å².